The number of aliphatic carboxylic acids is 1. The lowest BCUT2D eigenvalue weighted by Gasteiger charge is -2.24. The molecular weight excluding hydrogens is 263 g/mol. The van der Waals surface area contributed by atoms with Crippen molar-refractivity contribution in [2.75, 3.05) is 11.4 Å². The smallest absolute Gasteiger partial charge is 0.326 e. The number of carboxylic acid groups (broad SMARTS) is 1. The number of halogens is 1. The van der Waals surface area contributed by atoms with Gasteiger partial charge in [0.25, 0.3) is 0 Å². The average Bonchev–Trinajstić information content (AvgIpc) is 3.23. The van der Waals surface area contributed by atoms with E-state index in [9.17, 15) is 14.0 Å². The molecule has 1 saturated carbocycles. The largest absolute Gasteiger partial charge is 0.480 e. The lowest BCUT2D eigenvalue weighted by Crippen LogP contribution is -2.49. The Labute approximate surface area is 116 Å². The van der Waals surface area contributed by atoms with Crippen LogP contribution in [-0.4, -0.2) is 29.7 Å². The van der Waals surface area contributed by atoms with E-state index in [1.54, 1.807) is 6.92 Å². The molecule has 1 aliphatic carbocycles. The minimum absolute atomic E-state index is 0.0170. The fourth-order valence-electron chi connectivity index (χ4n) is 2.09. The highest BCUT2D eigenvalue weighted by Gasteiger charge is 2.38. The van der Waals surface area contributed by atoms with E-state index in [4.69, 9.17) is 5.11 Å². The number of urea groups is 1. The van der Waals surface area contributed by atoms with Gasteiger partial charge in [0.1, 0.15) is 11.9 Å². The standard InChI is InChI=1S/C14H17FN2O3/c1-2-17(11-7-5-10(15)6-8-11)14(20)16-12(13(18)19)9-3-4-9/h5-9,12H,2-4H2,1H3,(H,16,20)(H,18,19). The first kappa shape index (κ1) is 14.3. The number of anilines is 1. The van der Waals surface area contributed by atoms with Crippen molar-refractivity contribution >= 4 is 17.7 Å². The first-order chi connectivity index (χ1) is 9.52. The van der Waals surface area contributed by atoms with E-state index in [1.165, 1.54) is 29.2 Å². The molecule has 0 spiro atoms. The number of nitrogens with one attached hydrogen (secondary N) is 1. The van der Waals surface area contributed by atoms with Crippen molar-refractivity contribution in [3.8, 4) is 0 Å². The van der Waals surface area contributed by atoms with Gasteiger partial charge in [-0.1, -0.05) is 0 Å². The third kappa shape index (κ3) is 3.26. The minimum Gasteiger partial charge on any atom is -0.480 e. The van der Waals surface area contributed by atoms with Crippen molar-refractivity contribution < 1.29 is 19.1 Å². The molecule has 2 N–H and O–H groups in total. The molecule has 1 unspecified atom stereocenters. The van der Waals surface area contributed by atoms with Gasteiger partial charge in [-0.15, -0.1) is 0 Å². The van der Waals surface area contributed by atoms with Crippen molar-refractivity contribution in [2.24, 2.45) is 5.92 Å². The van der Waals surface area contributed by atoms with Gasteiger partial charge in [0, 0.05) is 12.2 Å². The van der Waals surface area contributed by atoms with Crippen LogP contribution in [0.3, 0.4) is 0 Å². The maximum absolute atomic E-state index is 12.9. The molecule has 108 valence electrons. The molecule has 5 nitrogen and oxygen atoms in total. The fraction of sp³-hybridized carbons (Fsp3) is 0.429. The number of hydrogen-bond acceptors (Lipinski definition) is 2. The van der Waals surface area contributed by atoms with Gasteiger partial charge in [-0.2, -0.15) is 0 Å². The fourth-order valence-corrected chi connectivity index (χ4v) is 2.09. The van der Waals surface area contributed by atoms with Crippen molar-refractivity contribution in [1.82, 2.24) is 5.32 Å². The molecule has 0 bridgehead atoms. The molecule has 0 heterocycles. The highest BCUT2D eigenvalue weighted by atomic mass is 19.1. The third-order valence-electron chi connectivity index (χ3n) is 3.34. The predicted octanol–water partition coefficient (Wildman–Crippen LogP) is 2.22. The van der Waals surface area contributed by atoms with E-state index >= 15 is 0 Å². The monoisotopic (exact) mass is 280 g/mol. The summed E-state index contributed by atoms with van der Waals surface area (Å²) < 4.78 is 12.9. The van der Waals surface area contributed by atoms with Crippen LogP contribution in [0.1, 0.15) is 19.8 Å². The van der Waals surface area contributed by atoms with E-state index in [-0.39, 0.29) is 11.7 Å². The summed E-state index contributed by atoms with van der Waals surface area (Å²) in [5.74, 6) is -1.38. The van der Waals surface area contributed by atoms with Crippen LogP contribution in [0.5, 0.6) is 0 Å². The number of nitrogens with zero attached hydrogens (tertiary/aromatic N) is 1. The zero-order valence-electron chi connectivity index (χ0n) is 11.2. The maximum Gasteiger partial charge on any atom is 0.326 e. The van der Waals surface area contributed by atoms with Crippen molar-refractivity contribution in [3.63, 3.8) is 0 Å². The Morgan fingerprint density at radius 1 is 1.40 bits per heavy atom. The first-order valence-electron chi connectivity index (χ1n) is 6.59. The van der Waals surface area contributed by atoms with E-state index < -0.39 is 18.0 Å². The molecule has 1 aromatic rings. The van der Waals surface area contributed by atoms with Gasteiger partial charge < -0.3 is 10.4 Å². The predicted molar refractivity (Wildman–Crippen MR) is 72.1 cm³/mol. The number of carboxylic acids is 1. The third-order valence-corrected chi connectivity index (χ3v) is 3.34. The summed E-state index contributed by atoms with van der Waals surface area (Å²) in [4.78, 5) is 24.7. The average molecular weight is 280 g/mol. The highest BCUT2D eigenvalue weighted by Crippen LogP contribution is 2.33. The van der Waals surface area contributed by atoms with Gasteiger partial charge >= 0.3 is 12.0 Å². The number of hydrogen-bond donors (Lipinski definition) is 2. The molecule has 2 rings (SSSR count). The summed E-state index contributed by atoms with van der Waals surface area (Å²) in [6, 6.07) is 4.19. The zero-order chi connectivity index (χ0) is 14.7. The summed E-state index contributed by atoms with van der Waals surface area (Å²) in [5.41, 5.74) is 0.534. The SMILES string of the molecule is CCN(C(=O)NC(C(=O)O)C1CC1)c1ccc(F)cc1. The summed E-state index contributed by atoms with van der Waals surface area (Å²) in [6.45, 7) is 2.14. The van der Waals surface area contributed by atoms with E-state index in [0.29, 0.717) is 12.2 Å². The van der Waals surface area contributed by atoms with Gasteiger partial charge in [0.15, 0.2) is 0 Å². The topological polar surface area (TPSA) is 69.6 Å². The molecule has 0 aliphatic heterocycles. The van der Waals surface area contributed by atoms with Gasteiger partial charge in [0.2, 0.25) is 0 Å². The summed E-state index contributed by atoms with van der Waals surface area (Å²) >= 11 is 0. The van der Waals surface area contributed by atoms with Crippen molar-refractivity contribution in [1.29, 1.82) is 0 Å². The maximum atomic E-state index is 12.9. The van der Waals surface area contributed by atoms with E-state index in [1.807, 2.05) is 0 Å². The van der Waals surface area contributed by atoms with Gasteiger partial charge in [-0.3, -0.25) is 4.90 Å². The van der Waals surface area contributed by atoms with Gasteiger partial charge in [-0.25, -0.2) is 14.0 Å². The molecule has 20 heavy (non-hydrogen) atoms. The van der Waals surface area contributed by atoms with Crippen LogP contribution in [0.15, 0.2) is 24.3 Å². The Morgan fingerprint density at radius 2 is 2.00 bits per heavy atom. The minimum atomic E-state index is -1.02. The number of carbonyl (C=O) groups is 2. The van der Waals surface area contributed by atoms with Crippen LogP contribution in [0.4, 0.5) is 14.9 Å². The molecule has 1 fully saturated rings. The van der Waals surface area contributed by atoms with Crippen LogP contribution < -0.4 is 10.2 Å². The lowest BCUT2D eigenvalue weighted by atomic mass is 10.2. The molecular formula is C14H17FN2O3. The Morgan fingerprint density at radius 3 is 2.45 bits per heavy atom. The molecule has 1 aliphatic rings. The quantitative estimate of drug-likeness (QED) is 0.869. The number of benzene rings is 1. The molecule has 6 heteroatoms. The van der Waals surface area contributed by atoms with Crippen LogP contribution >= 0.6 is 0 Å². The van der Waals surface area contributed by atoms with Gasteiger partial charge in [-0.05, 0) is 49.9 Å². The van der Waals surface area contributed by atoms with E-state index in [0.717, 1.165) is 12.8 Å². The summed E-state index contributed by atoms with van der Waals surface area (Å²) in [6.07, 6.45) is 1.64. The zero-order valence-corrected chi connectivity index (χ0v) is 11.2. The second-order valence-electron chi connectivity index (χ2n) is 4.82. The lowest BCUT2D eigenvalue weighted by molar-refractivity contribution is -0.139. The van der Waals surface area contributed by atoms with Gasteiger partial charge in [0.05, 0.1) is 0 Å². The first-order valence-corrected chi connectivity index (χ1v) is 6.59. The highest BCUT2D eigenvalue weighted by molar-refractivity contribution is 5.94. The second-order valence-corrected chi connectivity index (χ2v) is 4.82. The Kier molecular flexibility index (Phi) is 4.22. The summed E-state index contributed by atoms with van der Waals surface area (Å²) in [5, 5.41) is 11.6. The number of amides is 2. The number of carbonyl (C=O) groups excluding carboxylic acids is 1. The Bertz CT molecular complexity index is 500. The van der Waals surface area contributed by atoms with Crippen LogP contribution in [0, 0.1) is 11.7 Å². The molecule has 0 aromatic heterocycles. The molecule has 0 radical (unpaired) electrons. The van der Waals surface area contributed by atoms with Crippen molar-refractivity contribution in [3.05, 3.63) is 30.1 Å². The van der Waals surface area contributed by atoms with Crippen LogP contribution in [0.2, 0.25) is 0 Å². The Balaban J connectivity index is 2.08. The normalized spacial score (nSPS) is 15.5. The molecule has 2 amide bonds. The summed E-state index contributed by atoms with van der Waals surface area (Å²) in [7, 11) is 0. The second kappa shape index (κ2) is 5.90. The Hall–Kier alpha value is -2.11. The van der Waals surface area contributed by atoms with Crippen LogP contribution in [0.25, 0.3) is 0 Å². The van der Waals surface area contributed by atoms with Crippen LogP contribution in [-0.2, 0) is 4.79 Å². The molecule has 0 saturated heterocycles. The van der Waals surface area contributed by atoms with Crippen molar-refractivity contribution in [2.45, 2.75) is 25.8 Å². The molecule has 1 atom stereocenters. The molecule has 1 aromatic carbocycles. The number of rotatable bonds is 5. The van der Waals surface area contributed by atoms with E-state index in [2.05, 4.69) is 5.32 Å².